The van der Waals surface area contributed by atoms with E-state index in [1.165, 1.54) is 6.42 Å². The van der Waals surface area contributed by atoms with Crippen LogP contribution in [0.3, 0.4) is 0 Å². The molecule has 2 nitrogen and oxygen atoms in total. The highest BCUT2D eigenvalue weighted by molar-refractivity contribution is 8.00. The Kier molecular flexibility index (Phi) is 5.01. The molecule has 1 heterocycles. The summed E-state index contributed by atoms with van der Waals surface area (Å²) in [5.74, 6) is 1.10. The molecule has 0 aliphatic carbocycles. The number of anilines is 1. The van der Waals surface area contributed by atoms with Crippen LogP contribution in [-0.4, -0.2) is 30.3 Å². The summed E-state index contributed by atoms with van der Waals surface area (Å²) >= 11 is 7.91. The average molecular weight is 272 g/mol. The molecule has 94 valence electrons. The molecule has 4 heteroatoms. The minimum atomic E-state index is 0.408. The third-order valence-corrected chi connectivity index (χ3v) is 4.62. The van der Waals surface area contributed by atoms with Gasteiger partial charge in [0.2, 0.25) is 0 Å². The van der Waals surface area contributed by atoms with E-state index in [1.807, 2.05) is 36.0 Å². The van der Waals surface area contributed by atoms with Gasteiger partial charge < -0.3 is 10.1 Å². The van der Waals surface area contributed by atoms with Crippen molar-refractivity contribution in [3.05, 3.63) is 29.3 Å². The highest BCUT2D eigenvalue weighted by Gasteiger charge is 2.23. The molecule has 1 saturated heterocycles. The van der Waals surface area contributed by atoms with Crippen LogP contribution in [0.15, 0.2) is 24.3 Å². The maximum Gasteiger partial charge on any atom is 0.0666 e. The van der Waals surface area contributed by atoms with Crippen molar-refractivity contribution in [1.29, 1.82) is 0 Å². The summed E-state index contributed by atoms with van der Waals surface area (Å²) in [6.07, 6.45) is 1.59. The van der Waals surface area contributed by atoms with Crippen LogP contribution in [0.1, 0.15) is 13.3 Å². The van der Waals surface area contributed by atoms with Crippen molar-refractivity contribution in [2.45, 2.75) is 24.7 Å². The number of rotatable bonds is 5. The highest BCUT2D eigenvalue weighted by atomic mass is 35.5. The van der Waals surface area contributed by atoms with Gasteiger partial charge in [-0.15, -0.1) is 0 Å². The third kappa shape index (κ3) is 4.09. The molecule has 1 aliphatic rings. The Morgan fingerprint density at radius 1 is 1.53 bits per heavy atom. The molecule has 0 bridgehead atoms. The summed E-state index contributed by atoms with van der Waals surface area (Å²) in [5, 5.41) is 4.82. The van der Waals surface area contributed by atoms with Gasteiger partial charge in [0.05, 0.1) is 6.10 Å². The van der Waals surface area contributed by atoms with Crippen molar-refractivity contribution in [3.8, 4) is 0 Å². The first-order valence-corrected chi connectivity index (χ1v) is 7.41. The van der Waals surface area contributed by atoms with Gasteiger partial charge in [-0.05, 0) is 31.5 Å². The molecule has 1 aromatic rings. The van der Waals surface area contributed by atoms with Gasteiger partial charge in [0.25, 0.3) is 0 Å². The van der Waals surface area contributed by atoms with Crippen molar-refractivity contribution >= 4 is 29.1 Å². The summed E-state index contributed by atoms with van der Waals surface area (Å²) in [5.41, 5.74) is 1.09. The summed E-state index contributed by atoms with van der Waals surface area (Å²) in [4.78, 5) is 0. The van der Waals surface area contributed by atoms with Crippen molar-refractivity contribution in [2.75, 3.05) is 24.2 Å². The second kappa shape index (κ2) is 6.53. The SMILES string of the molecule is CC1OCCC1SCCNc1cccc(Cl)c1. The molecule has 2 unspecified atom stereocenters. The standard InChI is InChI=1S/C13H18ClNOS/c1-10-13(5-7-16-10)17-8-6-15-12-4-2-3-11(14)9-12/h2-4,9-10,13,15H,5-8H2,1H3. The number of ether oxygens (including phenoxy) is 1. The van der Waals surface area contributed by atoms with Gasteiger partial charge >= 0.3 is 0 Å². The number of hydrogen-bond acceptors (Lipinski definition) is 3. The fourth-order valence-corrected chi connectivity index (χ4v) is 3.26. The molecule has 0 spiro atoms. The molecule has 0 amide bonds. The monoisotopic (exact) mass is 271 g/mol. The number of nitrogens with one attached hydrogen (secondary N) is 1. The first-order chi connectivity index (χ1) is 8.25. The molecule has 2 rings (SSSR count). The Labute approximate surface area is 112 Å². The predicted molar refractivity (Wildman–Crippen MR) is 76.2 cm³/mol. The van der Waals surface area contributed by atoms with E-state index in [4.69, 9.17) is 16.3 Å². The van der Waals surface area contributed by atoms with Gasteiger partial charge in [0, 0.05) is 34.9 Å². The predicted octanol–water partition coefficient (Wildman–Crippen LogP) is 3.66. The molecule has 0 radical (unpaired) electrons. The Morgan fingerprint density at radius 3 is 3.12 bits per heavy atom. The van der Waals surface area contributed by atoms with E-state index in [-0.39, 0.29) is 0 Å². The van der Waals surface area contributed by atoms with Gasteiger partial charge in [0.15, 0.2) is 0 Å². The van der Waals surface area contributed by atoms with E-state index in [2.05, 4.69) is 12.2 Å². The molecule has 1 aromatic carbocycles. The zero-order chi connectivity index (χ0) is 12.1. The van der Waals surface area contributed by atoms with Crippen LogP contribution in [0.2, 0.25) is 5.02 Å². The maximum absolute atomic E-state index is 5.92. The zero-order valence-corrected chi connectivity index (χ0v) is 11.6. The number of halogens is 1. The quantitative estimate of drug-likeness (QED) is 0.826. The van der Waals surface area contributed by atoms with E-state index < -0.39 is 0 Å². The first kappa shape index (κ1) is 13.1. The van der Waals surface area contributed by atoms with Gasteiger partial charge in [0.1, 0.15) is 0 Å². The Balaban J connectivity index is 1.66. The molecule has 1 N–H and O–H groups in total. The van der Waals surface area contributed by atoms with Gasteiger partial charge in [-0.25, -0.2) is 0 Å². The van der Waals surface area contributed by atoms with Crippen molar-refractivity contribution in [2.24, 2.45) is 0 Å². The van der Waals surface area contributed by atoms with Crippen LogP contribution in [0.5, 0.6) is 0 Å². The fraction of sp³-hybridized carbons (Fsp3) is 0.538. The van der Waals surface area contributed by atoms with Crippen LogP contribution in [0.25, 0.3) is 0 Å². The average Bonchev–Trinajstić information content (AvgIpc) is 2.71. The molecule has 1 aliphatic heterocycles. The minimum Gasteiger partial charge on any atom is -0.384 e. The van der Waals surface area contributed by atoms with E-state index >= 15 is 0 Å². The number of hydrogen-bond donors (Lipinski definition) is 1. The lowest BCUT2D eigenvalue weighted by Gasteiger charge is -2.13. The summed E-state index contributed by atoms with van der Waals surface area (Å²) in [6.45, 7) is 4.05. The number of benzene rings is 1. The second-order valence-corrected chi connectivity index (χ2v) is 5.99. The van der Waals surface area contributed by atoms with Gasteiger partial charge in [-0.3, -0.25) is 0 Å². The lowest BCUT2D eigenvalue weighted by Crippen LogP contribution is -2.16. The molecular formula is C13H18ClNOS. The smallest absolute Gasteiger partial charge is 0.0666 e. The first-order valence-electron chi connectivity index (χ1n) is 5.98. The molecule has 1 fully saturated rings. The Morgan fingerprint density at radius 2 is 2.41 bits per heavy atom. The van der Waals surface area contributed by atoms with Crippen LogP contribution in [0.4, 0.5) is 5.69 Å². The number of thioether (sulfide) groups is 1. The maximum atomic E-state index is 5.92. The van der Waals surface area contributed by atoms with E-state index in [9.17, 15) is 0 Å². The topological polar surface area (TPSA) is 21.3 Å². The summed E-state index contributed by atoms with van der Waals surface area (Å²) in [6, 6.07) is 7.84. The largest absolute Gasteiger partial charge is 0.384 e. The van der Waals surface area contributed by atoms with Crippen molar-refractivity contribution < 1.29 is 4.74 Å². The Hall–Kier alpha value is -0.380. The molecule has 0 aromatic heterocycles. The van der Waals surface area contributed by atoms with Gasteiger partial charge in [-0.2, -0.15) is 11.8 Å². The Bertz CT molecular complexity index is 361. The van der Waals surface area contributed by atoms with Crippen molar-refractivity contribution in [3.63, 3.8) is 0 Å². The molecule has 0 saturated carbocycles. The lowest BCUT2D eigenvalue weighted by molar-refractivity contribution is 0.127. The lowest BCUT2D eigenvalue weighted by atomic mass is 10.3. The van der Waals surface area contributed by atoms with Gasteiger partial charge in [-0.1, -0.05) is 17.7 Å². The fourth-order valence-electron chi connectivity index (χ4n) is 1.94. The molecular weight excluding hydrogens is 254 g/mol. The van der Waals surface area contributed by atoms with Crippen LogP contribution in [0, 0.1) is 0 Å². The highest BCUT2D eigenvalue weighted by Crippen LogP contribution is 2.26. The minimum absolute atomic E-state index is 0.408. The van der Waals surface area contributed by atoms with Crippen molar-refractivity contribution in [1.82, 2.24) is 0 Å². The normalized spacial score (nSPS) is 23.9. The summed E-state index contributed by atoms with van der Waals surface area (Å²) < 4.78 is 5.54. The zero-order valence-electron chi connectivity index (χ0n) is 9.99. The van der Waals surface area contributed by atoms with E-state index in [0.717, 1.165) is 29.6 Å². The summed E-state index contributed by atoms with van der Waals surface area (Å²) in [7, 11) is 0. The molecule has 17 heavy (non-hydrogen) atoms. The van der Waals surface area contributed by atoms with Crippen LogP contribution in [-0.2, 0) is 4.74 Å². The van der Waals surface area contributed by atoms with E-state index in [1.54, 1.807) is 0 Å². The molecule has 2 atom stereocenters. The second-order valence-electron chi connectivity index (χ2n) is 4.21. The van der Waals surface area contributed by atoms with Crippen LogP contribution >= 0.6 is 23.4 Å². The third-order valence-electron chi connectivity index (χ3n) is 2.89. The van der Waals surface area contributed by atoms with Crippen LogP contribution < -0.4 is 5.32 Å². The van der Waals surface area contributed by atoms with E-state index in [0.29, 0.717) is 11.4 Å².